The lowest BCUT2D eigenvalue weighted by molar-refractivity contribution is 0.107. The number of nitrogens with zero attached hydrogens (tertiary/aromatic N) is 9. The molecule has 3 aliphatic rings. The Kier molecular flexibility index (Phi) is 7.73. The van der Waals surface area contributed by atoms with E-state index in [1.807, 2.05) is 11.0 Å². The zero-order valence-corrected chi connectivity index (χ0v) is 27.4. The quantitative estimate of drug-likeness (QED) is 0.258. The Balaban J connectivity index is 1.19. The van der Waals surface area contributed by atoms with Crippen LogP contribution in [0.4, 0.5) is 28.9 Å². The normalized spacial score (nSPS) is 21.1. The van der Waals surface area contributed by atoms with Gasteiger partial charge >= 0.3 is 12.0 Å². The Morgan fingerprint density at radius 2 is 1.98 bits per heavy atom. The fourth-order valence-corrected chi connectivity index (χ4v) is 8.41. The number of carbonyl (C=O) groups excluding carboxylic acids is 1. The summed E-state index contributed by atoms with van der Waals surface area (Å²) in [6, 6.07) is 5.61. The van der Waals surface area contributed by atoms with E-state index in [-0.39, 0.29) is 74.6 Å². The van der Waals surface area contributed by atoms with Gasteiger partial charge in [-0.05, 0) is 37.6 Å². The third-order valence-electron chi connectivity index (χ3n) is 9.65. The maximum Gasteiger partial charge on any atom is 0.330 e. The summed E-state index contributed by atoms with van der Waals surface area (Å²) in [7, 11) is 0. The molecule has 6 heterocycles. The number of ether oxygens (including phenoxy) is 1. The average molecular weight is 709 g/mol. The summed E-state index contributed by atoms with van der Waals surface area (Å²) in [5.74, 6) is -0.989. The third kappa shape index (κ3) is 5.27. The Morgan fingerprint density at radius 3 is 2.78 bits per heavy atom. The van der Waals surface area contributed by atoms with Crippen LogP contribution in [0.15, 0.2) is 30.6 Å². The minimum Gasteiger partial charge on any atom is -0.461 e. The lowest BCUT2D eigenvalue weighted by Gasteiger charge is -2.36. The SMILES string of the molecule is N#Cc1nccn1C(=O)N1CCN(c2nc(OC[C@@]34CCCN3C[C@H](F)C4)nc3c(F)c(-c4ccc(F)c5sc(N)nc45)c(Cl)cc23)CC1. The second-order valence-corrected chi connectivity index (χ2v) is 13.9. The molecule has 252 valence electrons. The van der Waals surface area contributed by atoms with Gasteiger partial charge in [0.15, 0.2) is 10.9 Å². The number of nitrogen functional groups attached to an aromatic ring is 1. The summed E-state index contributed by atoms with van der Waals surface area (Å²) >= 11 is 7.74. The summed E-state index contributed by atoms with van der Waals surface area (Å²) in [4.78, 5) is 36.1. The molecule has 49 heavy (non-hydrogen) atoms. The largest absolute Gasteiger partial charge is 0.461 e. The lowest BCUT2D eigenvalue weighted by atomic mass is 9.95. The first kappa shape index (κ1) is 31.5. The number of nitrogens with two attached hydrogens (primary N) is 1. The van der Waals surface area contributed by atoms with Crippen LogP contribution in [0.25, 0.3) is 32.2 Å². The first-order chi connectivity index (χ1) is 23.7. The van der Waals surface area contributed by atoms with E-state index in [1.165, 1.54) is 29.1 Å². The van der Waals surface area contributed by atoms with Crippen LogP contribution in [0.3, 0.4) is 0 Å². The molecule has 2 aromatic carbocycles. The second-order valence-electron chi connectivity index (χ2n) is 12.5. The highest BCUT2D eigenvalue weighted by molar-refractivity contribution is 7.22. The summed E-state index contributed by atoms with van der Waals surface area (Å²) < 4.78 is 53.6. The molecule has 3 saturated heterocycles. The molecule has 3 fully saturated rings. The number of amides is 1. The first-order valence-corrected chi connectivity index (χ1v) is 16.9. The van der Waals surface area contributed by atoms with E-state index in [1.54, 1.807) is 11.0 Å². The highest BCUT2D eigenvalue weighted by atomic mass is 35.5. The lowest BCUT2D eigenvalue weighted by Crippen LogP contribution is -2.50. The smallest absolute Gasteiger partial charge is 0.330 e. The van der Waals surface area contributed by atoms with Crippen LogP contribution in [-0.4, -0.2) is 97.9 Å². The van der Waals surface area contributed by atoms with Crippen LogP contribution in [-0.2, 0) is 0 Å². The first-order valence-electron chi connectivity index (χ1n) is 15.7. The number of imidazole rings is 1. The van der Waals surface area contributed by atoms with E-state index in [2.05, 4.69) is 19.9 Å². The van der Waals surface area contributed by atoms with Crippen molar-refractivity contribution < 1.29 is 22.7 Å². The number of fused-ring (bicyclic) bond motifs is 3. The number of thiazole rings is 1. The van der Waals surface area contributed by atoms with Crippen molar-refractivity contribution >= 4 is 61.0 Å². The molecular formula is C32H28ClF3N10O2S. The molecule has 0 spiro atoms. The van der Waals surface area contributed by atoms with Gasteiger partial charge in [0, 0.05) is 68.1 Å². The fourth-order valence-electron chi connectivity index (χ4n) is 7.36. The van der Waals surface area contributed by atoms with Crippen molar-refractivity contribution in [3.63, 3.8) is 0 Å². The number of piperazine rings is 1. The van der Waals surface area contributed by atoms with Crippen molar-refractivity contribution in [2.45, 2.75) is 31.0 Å². The Labute approximate surface area is 286 Å². The number of anilines is 2. The number of carbonyl (C=O) groups is 1. The van der Waals surface area contributed by atoms with E-state index in [4.69, 9.17) is 27.1 Å². The predicted molar refractivity (Wildman–Crippen MR) is 178 cm³/mol. The monoisotopic (exact) mass is 708 g/mol. The van der Waals surface area contributed by atoms with Gasteiger partial charge in [-0.3, -0.25) is 4.90 Å². The molecule has 0 saturated carbocycles. The maximum atomic E-state index is 16.8. The van der Waals surface area contributed by atoms with Gasteiger partial charge in [0.25, 0.3) is 0 Å². The van der Waals surface area contributed by atoms with Crippen molar-refractivity contribution in [2.24, 2.45) is 0 Å². The van der Waals surface area contributed by atoms with E-state index in [0.29, 0.717) is 37.3 Å². The third-order valence-corrected chi connectivity index (χ3v) is 10.8. The van der Waals surface area contributed by atoms with E-state index in [9.17, 15) is 18.8 Å². The summed E-state index contributed by atoms with van der Waals surface area (Å²) in [5.41, 5.74) is 5.72. The summed E-state index contributed by atoms with van der Waals surface area (Å²) in [6.45, 7) is 2.41. The maximum absolute atomic E-state index is 16.8. The number of rotatable bonds is 5. The molecule has 0 aliphatic carbocycles. The van der Waals surface area contributed by atoms with Gasteiger partial charge in [0.2, 0.25) is 5.82 Å². The van der Waals surface area contributed by atoms with Crippen LogP contribution < -0.4 is 15.4 Å². The van der Waals surface area contributed by atoms with Crippen molar-refractivity contribution in [1.82, 2.24) is 34.3 Å². The number of aromatic nitrogens is 5. The van der Waals surface area contributed by atoms with Crippen molar-refractivity contribution in [3.05, 3.63) is 53.1 Å². The van der Waals surface area contributed by atoms with E-state index in [0.717, 1.165) is 30.7 Å². The molecule has 12 nitrogen and oxygen atoms in total. The minimum absolute atomic E-state index is 0.0163. The molecule has 5 aromatic rings. The Hall–Kier alpha value is -4.72. The molecule has 0 radical (unpaired) electrons. The number of hydrogen-bond acceptors (Lipinski definition) is 11. The van der Waals surface area contributed by atoms with Gasteiger partial charge in [0.05, 0.1) is 20.8 Å². The average Bonchev–Trinajstić information content (AvgIpc) is 3.88. The molecule has 17 heteroatoms. The van der Waals surface area contributed by atoms with Gasteiger partial charge in [-0.1, -0.05) is 22.9 Å². The Morgan fingerprint density at radius 1 is 1.16 bits per heavy atom. The Bertz CT molecular complexity index is 2180. The molecule has 3 aliphatic heterocycles. The van der Waals surface area contributed by atoms with Gasteiger partial charge in [-0.15, -0.1) is 0 Å². The molecule has 2 atom stereocenters. The zero-order valence-electron chi connectivity index (χ0n) is 25.9. The fraction of sp³-hybridized carbons (Fsp3) is 0.375. The van der Waals surface area contributed by atoms with Gasteiger partial charge in [-0.2, -0.15) is 15.2 Å². The highest BCUT2D eigenvalue weighted by Crippen LogP contribution is 2.44. The van der Waals surface area contributed by atoms with Crippen molar-refractivity contribution in [3.8, 4) is 23.2 Å². The van der Waals surface area contributed by atoms with E-state index >= 15 is 4.39 Å². The summed E-state index contributed by atoms with van der Waals surface area (Å²) in [6.07, 6.45) is 3.88. The zero-order chi connectivity index (χ0) is 34.0. The number of hydrogen-bond donors (Lipinski definition) is 1. The molecule has 0 unspecified atom stereocenters. The van der Waals surface area contributed by atoms with E-state index < -0.39 is 23.3 Å². The van der Waals surface area contributed by atoms with Gasteiger partial charge < -0.3 is 20.3 Å². The van der Waals surface area contributed by atoms with Crippen LogP contribution in [0.5, 0.6) is 6.01 Å². The standard InChI is InChI=1S/C32H28ClF3N10O2S/c33-20-12-19-25(24(36)23(20)18-2-3-21(35)27-26(18)40-29(38)49-27)41-30(48-16-32-4-1-6-45(32)15-17(34)13-32)42-28(19)43-8-10-44(11-9-43)31(47)46-7-5-39-22(46)14-37/h2-3,5,7,12,17H,1,4,6,8-11,13,15-16H2,(H2,38,40)/t17-,32+/m1/s1. The number of alkyl halides is 1. The summed E-state index contributed by atoms with van der Waals surface area (Å²) in [5, 5.41) is 9.78. The second kappa shape index (κ2) is 12.0. The van der Waals surface area contributed by atoms with Crippen molar-refractivity contribution in [1.29, 1.82) is 5.26 Å². The van der Waals surface area contributed by atoms with Crippen LogP contribution in [0.2, 0.25) is 5.02 Å². The van der Waals surface area contributed by atoms with Crippen LogP contribution in [0.1, 0.15) is 25.1 Å². The number of nitriles is 1. The van der Waals surface area contributed by atoms with Crippen molar-refractivity contribution in [2.75, 3.05) is 56.5 Å². The molecule has 0 bridgehead atoms. The number of benzene rings is 2. The predicted octanol–water partition coefficient (Wildman–Crippen LogP) is 5.23. The molecule has 3 aromatic heterocycles. The molecule has 8 rings (SSSR count). The highest BCUT2D eigenvalue weighted by Gasteiger charge is 2.49. The molecule has 1 amide bonds. The molecular weight excluding hydrogens is 681 g/mol. The van der Waals surface area contributed by atoms with Crippen LogP contribution >= 0.6 is 22.9 Å². The van der Waals surface area contributed by atoms with Gasteiger partial charge in [0.1, 0.15) is 36.0 Å². The van der Waals surface area contributed by atoms with Crippen LogP contribution in [0, 0.1) is 23.0 Å². The molecule has 2 N–H and O–H groups in total. The minimum atomic E-state index is -0.961. The topological polar surface area (TPSA) is 142 Å². The number of halogens is 4. The van der Waals surface area contributed by atoms with Gasteiger partial charge in [-0.25, -0.2) is 32.5 Å².